The second-order valence-electron chi connectivity index (χ2n) is 7.84. The highest BCUT2D eigenvalue weighted by molar-refractivity contribution is 7.89. The van der Waals surface area contributed by atoms with Crippen molar-refractivity contribution >= 4 is 21.8 Å². The van der Waals surface area contributed by atoms with E-state index in [-0.39, 0.29) is 23.1 Å². The third-order valence-electron chi connectivity index (χ3n) is 5.27. The number of carbonyl (C=O) groups excluding carboxylic acids is 1. The molecule has 0 aliphatic heterocycles. The van der Waals surface area contributed by atoms with E-state index in [1.54, 1.807) is 41.3 Å². The summed E-state index contributed by atoms with van der Waals surface area (Å²) < 4.78 is 23.8. The summed E-state index contributed by atoms with van der Waals surface area (Å²) in [4.78, 5) is 14.9. The smallest absolute Gasteiger partial charge is 0.238 e. The molecule has 172 valence electrons. The van der Waals surface area contributed by atoms with Gasteiger partial charge < -0.3 is 10.6 Å². The second kappa shape index (κ2) is 10.4. The summed E-state index contributed by atoms with van der Waals surface area (Å²) in [5.74, 6) is -0.0166. The number of benzene rings is 3. The topological polar surface area (TPSA) is 130 Å². The van der Waals surface area contributed by atoms with E-state index in [4.69, 9.17) is 16.3 Å². The lowest BCUT2D eigenvalue weighted by molar-refractivity contribution is -0.131. The van der Waals surface area contributed by atoms with Gasteiger partial charge in [-0.3, -0.25) is 10.2 Å². The largest absolute Gasteiger partial charge is 0.384 e. The van der Waals surface area contributed by atoms with Gasteiger partial charge in [0.05, 0.1) is 11.3 Å². The van der Waals surface area contributed by atoms with Crippen LogP contribution in [0.3, 0.4) is 0 Å². The molecule has 5 N–H and O–H groups in total. The normalized spacial score (nSPS) is 11.2. The zero-order chi connectivity index (χ0) is 24.0. The molecule has 1 amide bonds. The van der Waals surface area contributed by atoms with Crippen LogP contribution in [0.15, 0.2) is 77.7 Å². The second-order valence-corrected chi connectivity index (χ2v) is 9.37. The maximum absolute atomic E-state index is 13.0. The molecule has 3 aromatic rings. The Kier molecular flexibility index (Phi) is 7.63. The first kappa shape index (κ1) is 24.2. The van der Waals surface area contributed by atoms with E-state index in [1.165, 1.54) is 6.07 Å². The molecular formula is C25H28N4O3S. The van der Waals surface area contributed by atoms with E-state index in [1.807, 2.05) is 37.3 Å². The number of nitrogens with zero attached hydrogens (tertiary/aromatic N) is 1. The van der Waals surface area contributed by atoms with Gasteiger partial charge >= 0.3 is 0 Å². The van der Waals surface area contributed by atoms with Crippen LogP contribution in [0.2, 0.25) is 0 Å². The number of nitrogen functional groups attached to an aromatic ring is 1. The summed E-state index contributed by atoms with van der Waals surface area (Å²) in [6.07, 6.45) is 1.05. The molecule has 0 bridgehead atoms. The van der Waals surface area contributed by atoms with Gasteiger partial charge in [-0.2, -0.15) is 0 Å². The van der Waals surface area contributed by atoms with Gasteiger partial charge in [-0.25, -0.2) is 13.6 Å². The van der Waals surface area contributed by atoms with Gasteiger partial charge in [0.2, 0.25) is 15.9 Å². The number of amidine groups is 1. The van der Waals surface area contributed by atoms with Crippen molar-refractivity contribution < 1.29 is 13.2 Å². The first-order valence-corrected chi connectivity index (χ1v) is 12.2. The summed E-state index contributed by atoms with van der Waals surface area (Å²) in [6, 6.07) is 21.2. The monoisotopic (exact) mass is 464 g/mol. The molecule has 3 rings (SSSR count). The summed E-state index contributed by atoms with van der Waals surface area (Å²) in [7, 11) is -3.85. The molecule has 0 spiro atoms. The van der Waals surface area contributed by atoms with Crippen LogP contribution >= 0.6 is 0 Å². The number of hydrogen-bond acceptors (Lipinski definition) is 4. The van der Waals surface area contributed by atoms with E-state index in [9.17, 15) is 13.2 Å². The molecule has 7 nitrogen and oxygen atoms in total. The third-order valence-corrected chi connectivity index (χ3v) is 6.24. The number of nitrogens with two attached hydrogens (primary N) is 2. The Labute approximate surface area is 194 Å². The Bertz CT molecular complexity index is 1250. The molecule has 0 aliphatic carbocycles. The molecule has 0 atom stereocenters. The molecule has 0 heterocycles. The van der Waals surface area contributed by atoms with Crippen LogP contribution in [-0.2, 0) is 27.8 Å². The van der Waals surface area contributed by atoms with Crippen molar-refractivity contribution in [1.82, 2.24) is 4.90 Å². The van der Waals surface area contributed by atoms with Crippen molar-refractivity contribution in [2.45, 2.75) is 31.2 Å². The number of carbonyl (C=O) groups is 1. The fourth-order valence-corrected chi connectivity index (χ4v) is 4.42. The van der Waals surface area contributed by atoms with E-state index in [2.05, 4.69) is 0 Å². The van der Waals surface area contributed by atoms with Crippen molar-refractivity contribution in [3.05, 3.63) is 89.5 Å². The molecule has 0 aliphatic rings. The minimum atomic E-state index is -3.85. The summed E-state index contributed by atoms with van der Waals surface area (Å²) in [5, 5.41) is 13.0. The first-order valence-electron chi connectivity index (χ1n) is 10.6. The average molecular weight is 465 g/mol. The molecule has 0 saturated heterocycles. The Morgan fingerprint density at radius 2 is 1.67 bits per heavy atom. The van der Waals surface area contributed by atoms with Gasteiger partial charge in [0, 0.05) is 24.2 Å². The lowest BCUT2D eigenvalue weighted by atomic mass is 10.0. The quantitative estimate of drug-likeness (QED) is 0.331. The molecule has 0 aromatic heterocycles. The van der Waals surface area contributed by atoms with Crippen LogP contribution in [0, 0.1) is 5.41 Å². The zero-order valence-corrected chi connectivity index (χ0v) is 19.3. The van der Waals surface area contributed by atoms with E-state index >= 15 is 0 Å². The van der Waals surface area contributed by atoms with Gasteiger partial charge in [-0.15, -0.1) is 0 Å². The molecule has 8 heteroatoms. The zero-order valence-electron chi connectivity index (χ0n) is 18.5. The van der Waals surface area contributed by atoms with Crippen LogP contribution in [0.4, 0.5) is 0 Å². The Hall–Kier alpha value is -3.49. The number of primary sulfonamides is 1. The van der Waals surface area contributed by atoms with Crippen molar-refractivity contribution in [2.75, 3.05) is 6.54 Å². The average Bonchev–Trinajstić information content (AvgIpc) is 2.79. The molecule has 0 fully saturated rings. The minimum Gasteiger partial charge on any atom is -0.384 e. The molecule has 0 radical (unpaired) electrons. The molecule has 3 aromatic carbocycles. The first-order chi connectivity index (χ1) is 15.7. The van der Waals surface area contributed by atoms with Crippen LogP contribution in [0.25, 0.3) is 11.1 Å². The predicted octanol–water partition coefficient (Wildman–Crippen LogP) is 3.27. The highest BCUT2D eigenvalue weighted by atomic mass is 32.2. The molecule has 33 heavy (non-hydrogen) atoms. The summed E-state index contributed by atoms with van der Waals surface area (Å²) in [5.41, 5.74) is 9.19. The minimum absolute atomic E-state index is 0.00526. The Morgan fingerprint density at radius 1 is 0.970 bits per heavy atom. The SMILES string of the molecule is CCCN(Cc1cccc(C(=N)N)c1)C(=O)Cc1ccc(-c2ccccc2S(N)(=O)=O)cc1. The predicted molar refractivity (Wildman–Crippen MR) is 130 cm³/mol. The number of sulfonamides is 1. The maximum atomic E-state index is 13.0. The van der Waals surface area contributed by atoms with Crippen LogP contribution in [0.1, 0.15) is 30.0 Å². The number of amides is 1. The number of rotatable bonds is 9. The summed E-state index contributed by atoms with van der Waals surface area (Å²) in [6.45, 7) is 3.07. The van der Waals surface area contributed by atoms with Gasteiger partial charge in [-0.05, 0) is 35.2 Å². The maximum Gasteiger partial charge on any atom is 0.238 e. The molecule has 0 saturated carbocycles. The van der Waals surface area contributed by atoms with Crippen molar-refractivity contribution in [3.63, 3.8) is 0 Å². The molecular weight excluding hydrogens is 436 g/mol. The molecule has 0 unspecified atom stereocenters. The fraction of sp³-hybridized carbons (Fsp3) is 0.200. The Balaban J connectivity index is 1.76. The van der Waals surface area contributed by atoms with Crippen LogP contribution in [-0.4, -0.2) is 31.6 Å². The van der Waals surface area contributed by atoms with Crippen molar-refractivity contribution in [3.8, 4) is 11.1 Å². The van der Waals surface area contributed by atoms with E-state index in [0.717, 1.165) is 17.5 Å². The highest BCUT2D eigenvalue weighted by Crippen LogP contribution is 2.27. The van der Waals surface area contributed by atoms with Crippen molar-refractivity contribution in [1.29, 1.82) is 5.41 Å². The lowest BCUT2D eigenvalue weighted by Crippen LogP contribution is -2.32. The van der Waals surface area contributed by atoms with Crippen LogP contribution < -0.4 is 10.9 Å². The van der Waals surface area contributed by atoms with Gasteiger partial charge in [0.15, 0.2) is 0 Å². The number of nitrogens with one attached hydrogen (secondary N) is 1. The standard InChI is InChI=1S/C25H28N4O3S/c1-2-14-29(17-19-6-5-7-21(15-19)25(26)27)24(30)16-18-10-12-20(13-11-18)22-8-3-4-9-23(22)33(28,31)32/h3-13,15H,2,14,16-17H2,1H3,(H3,26,27)(H2,28,31,32). The van der Waals surface area contributed by atoms with E-state index < -0.39 is 10.0 Å². The third kappa shape index (κ3) is 6.27. The van der Waals surface area contributed by atoms with Gasteiger partial charge in [0.25, 0.3) is 0 Å². The fourth-order valence-electron chi connectivity index (χ4n) is 3.66. The lowest BCUT2D eigenvalue weighted by Gasteiger charge is -2.23. The van der Waals surface area contributed by atoms with Gasteiger partial charge in [-0.1, -0.05) is 67.6 Å². The van der Waals surface area contributed by atoms with Gasteiger partial charge in [0.1, 0.15) is 5.84 Å². The van der Waals surface area contributed by atoms with Crippen molar-refractivity contribution in [2.24, 2.45) is 10.9 Å². The van der Waals surface area contributed by atoms with Crippen LogP contribution in [0.5, 0.6) is 0 Å². The highest BCUT2D eigenvalue weighted by Gasteiger charge is 2.16. The summed E-state index contributed by atoms with van der Waals surface area (Å²) >= 11 is 0. The Morgan fingerprint density at radius 3 is 2.30 bits per heavy atom. The number of hydrogen-bond donors (Lipinski definition) is 3. The van der Waals surface area contributed by atoms with E-state index in [0.29, 0.717) is 29.8 Å².